The number of piperidine rings is 1. The van der Waals surface area contributed by atoms with E-state index in [1.807, 2.05) is 0 Å². The van der Waals surface area contributed by atoms with Gasteiger partial charge < -0.3 is 0 Å². The highest BCUT2D eigenvalue weighted by molar-refractivity contribution is 7.86. The van der Waals surface area contributed by atoms with E-state index in [9.17, 15) is 21.6 Å². The Morgan fingerprint density at radius 2 is 1.89 bits per heavy atom. The van der Waals surface area contributed by atoms with Crippen molar-refractivity contribution in [3.8, 4) is 11.3 Å². The fourth-order valence-corrected chi connectivity index (χ4v) is 4.51. The standard InChI is InChI=1S/C18H21F3N4O2S/c1-24(2)28(26,27)25-10-4-6-14(12-25)17-16(22-8-9-23-17)13-5-3-7-15(11-13)18(19,20)21/h3,5,7-9,11,14H,4,6,10,12H2,1-2H3/t14-/m0/s1. The third-order valence-electron chi connectivity index (χ3n) is 4.75. The highest BCUT2D eigenvalue weighted by atomic mass is 32.2. The van der Waals surface area contributed by atoms with Gasteiger partial charge in [0.2, 0.25) is 0 Å². The summed E-state index contributed by atoms with van der Waals surface area (Å²) >= 11 is 0. The molecule has 1 aromatic carbocycles. The predicted octanol–water partition coefficient (Wildman–Crippen LogP) is 3.15. The van der Waals surface area contributed by atoms with Gasteiger partial charge in [0.1, 0.15) is 0 Å². The molecule has 6 nitrogen and oxygen atoms in total. The summed E-state index contributed by atoms with van der Waals surface area (Å²) < 4.78 is 66.7. The van der Waals surface area contributed by atoms with Crippen LogP contribution in [0.1, 0.15) is 30.0 Å². The molecule has 0 unspecified atom stereocenters. The Labute approximate surface area is 162 Å². The Morgan fingerprint density at radius 3 is 2.57 bits per heavy atom. The third kappa shape index (κ3) is 4.18. The van der Waals surface area contributed by atoms with Crippen LogP contribution in [-0.2, 0) is 16.4 Å². The van der Waals surface area contributed by atoms with Crippen molar-refractivity contribution in [3.63, 3.8) is 0 Å². The van der Waals surface area contributed by atoms with Crippen LogP contribution in [0.25, 0.3) is 11.3 Å². The lowest BCUT2D eigenvalue weighted by molar-refractivity contribution is -0.137. The maximum absolute atomic E-state index is 13.1. The van der Waals surface area contributed by atoms with Gasteiger partial charge in [0.25, 0.3) is 10.2 Å². The van der Waals surface area contributed by atoms with E-state index >= 15 is 0 Å². The monoisotopic (exact) mass is 414 g/mol. The minimum Gasteiger partial charge on any atom is -0.257 e. The molecule has 152 valence electrons. The van der Waals surface area contributed by atoms with Gasteiger partial charge in [-0.1, -0.05) is 12.1 Å². The van der Waals surface area contributed by atoms with E-state index in [4.69, 9.17) is 0 Å². The van der Waals surface area contributed by atoms with Crippen molar-refractivity contribution < 1.29 is 21.6 Å². The quantitative estimate of drug-likeness (QED) is 0.771. The van der Waals surface area contributed by atoms with Gasteiger partial charge in [-0.3, -0.25) is 9.97 Å². The average molecular weight is 414 g/mol. The molecule has 1 aliphatic heterocycles. The van der Waals surface area contributed by atoms with E-state index in [0.717, 1.165) is 16.4 Å². The van der Waals surface area contributed by atoms with Gasteiger partial charge in [0, 0.05) is 51.1 Å². The van der Waals surface area contributed by atoms with Crippen LogP contribution in [0.15, 0.2) is 36.7 Å². The Bertz CT molecular complexity index is 948. The van der Waals surface area contributed by atoms with Gasteiger partial charge in [-0.25, -0.2) is 0 Å². The fraction of sp³-hybridized carbons (Fsp3) is 0.444. The topological polar surface area (TPSA) is 66.4 Å². The van der Waals surface area contributed by atoms with Crippen LogP contribution in [0.5, 0.6) is 0 Å². The van der Waals surface area contributed by atoms with Crippen LogP contribution in [-0.4, -0.2) is 54.2 Å². The zero-order valence-corrected chi connectivity index (χ0v) is 16.3. The molecule has 1 atom stereocenters. The number of nitrogens with zero attached hydrogens (tertiary/aromatic N) is 4. The van der Waals surface area contributed by atoms with Gasteiger partial charge in [0.15, 0.2) is 0 Å². The van der Waals surface area contributed by atoms with Gasteiger partial charge in [-0.05, 0) is 25.0 Å². The maximum Gasteiger partial charge on any atom is 0.416 e. The lowest BCUT2D eigenvalue weighted by Gasteiger charge is -2.33. The predicted molar refractivity (Wildman–Crippen MR) is 98.6 cm³/mol. The molecule has 1 saturated heterocycles. The lowest BCUT2D eigenvalue weighted by Crippen LogP contribution is -2.45. The third-order valence-corrected chi connectivity index (χ3v) is 6.66. The molecular formula is C18H21F3N4O2S. The molecule has 3 rings (SSSR count). The molecular weight excluding hydrogens is 393 g/mol. The zero-order chi connectivity index (χ0) is 20.5. The smallest absolute Gasteiger partial charge is 0.257 e. The first-order valence-corrected chi connectivity index (χ1v) is 10.2. The summed E-state index contributed by atoms with van der Waals surface area (Å²) in [5.74, 6) is -0.248. The molecule has 0 bridgehead atoms. The first kappa shape index (κ1) is 20.7. The molecule has 0 amide bonds. The molecule has 1 aliphatic rings. The van der Waals surface area contributed by atoms with Gasteiger partial charge >= 0.3 is 6.18 Å². The highest BCUT2D eigenvalue weighted by Gasteiger charge is 2.34. The van der Waals surface area contributed by atoms with Gasteiger partial charge in [0.05, 0.1) is 17.0 Å². The van der Waals surface area contributed by atoms with E-state index < -0.39 is 21.9 Å². The summed E-state index contributed by atoms with van der Waals surface area (Å²) in [6.07, 6.45) is -0.234. The molecule has 0 saturated carbocycles. The van der Waals surface area contributed by atoms with E-state index in [1.54, 1.807) is 6.07 Å². The second-order valence-electron chi connectivity index (χ2n) is 6.86. The first-order chi connectivity index (χ1) is 13.1. The molecule has 28 heavy (non-hydrogen) atoms. The molecule has 2 aromatic rings. The van der Waals surface area contributed by atoms with Crippen LogP contribution in [0.4, 0.5) is 13.2 Å². The van der Waals surface area contributed by atoms with Crippen molar-refractivity contribution in [2.75, 3.05) is 27.2 Å². The summed E-state index contributed by atoms with van der Waals surface area (Å²) in [6.45, 7) is 0.612. The van der Waals surface area contributed by atoms with Gasteiger partial charge in [-0.2, -0.15) is 30.2 Å². The number of rotatable bonds is 4. The fourth-order valence-electron chi connectivity index (χ4n) is 3.32. The molecule has 0 spiro atoms. The van der Waals surface area contributed by atoms with Crippen LogP contribution >= 0.6 is 0 Å². The molecule has 0 aliphatic carbocycles. The van der Waals surface area contributed by atoms with Gasteiger partial charge in [-0.15, -0.1) is 0 Å². The lowest BCUT2D eigenvalue weighted by atomic mass is 9.92. The summed E-state index contributed by atoms with van der Waals surface area (Å²) in [5, 5.41) is 0. The molecule has 1 aromatic heterocycles. The second-order valence-corrected chi connectivity index (χ2v) is 9.00. The van der Waals surface area contributed by atoms with Crippen LogP contribution in [0.3, 0.4) is 0 Å². The number of benzene rings is 1. The van der Waals surface area contributed by atoms with E-state index in [1.165, 1.54) is 36.9 Å². The summed E-state index contributed by atoms with van der Waals surface area (Å²) in [6, 6.07) is 4.94. The van der Waals surface area contributed by atoms with E-state index in [-0.39, 0.29) is 12.5 Å². The highest BCUT2D eigenvalue weighted by Crippen LogP contribution is 2.35. The number of hydrogen-bond acceptors (Lipinski definition) is 4. The maximum atomic E-state index is 13.1. The first-order valence-electron chi connectivity index (χ1n) is 8.77. The minimum absolute atomic E-state index is 0.213. The Balaban J connectivity index is 1.97. The molecule has 2 heterocycles. The normalized spacial score (nSPS) is 19.1. The minimum atomic E-state index is -4.46. The Kier molecular flexibility index (Phi) is 5.74. The molecule has 10 heteroatoms. The van der Waals surface area contributed by atoms with Crippen molar-refractivity contribution >= 4 is 10.2 Å². The SMILES string of the molecule is CN(C)S(=O)(=O)N1CCC[C@H](c2nccnc2-c2cccc(C(F)(F)F)c2)C1. The molecule has 0 N–H and O–H groups in total. The summed E-state index contributed by atoms with van der Waals surface area (Å²) in [5.41, 5.74) is 0.413. The van der Waals surface area contributed by atoms with Crippen LogP contribution in [0, 0.1) is 0 Å². The van der Waals surface area contributed by atoms with Crippen molar-refractivity contribution in [1.82, 2.24) is 18.6 Å². The Hall–Kier alpha value is -2.04. The van der Waals surface area contributed by atoms with Crippen LogP contribution < -0.4 is 0 Å². The van der Waals surface area contributed by atoms with Crippen molar-refractivity contribution in [1.29, 1.82) is 0 Å². The molecule has 1 fully saturated rings. The summed E-state index contributed by atoms with van der Waals surface area (Å²) in [7, 11) is -0.640. The largest absolute Gasteiger partial charge is 0.416 e. The van der Waals surface area contributed by atoms with Crippen LogP contribution in [0.2, 0.25) is 0 Å². The second kappa shape index (κ2) is 7.76. The zero-order valence-electron chi connectivity index (χ0n) is 15.5. The van der Waals surface area contributed by atoms with E-state index in [0.29, 0.717) is 36.3 Å². The number of hydrogen-bond donors (Lipinski definition) is 0. The van der Waals surface area contributed by atoms with Crippen molar-refractivity contribution in [3.05, 3.63) is 47.9 Å². The van der Waals surface area contributed by atoms with Crippen molar-refractivity contribution in [2.24, 2.45) is 0 Å². The number of halogens is 3. The number of aromatic nitrogens is 2. The van der Waals surface area contributed by atoms with Crippen molar-refractivity contribution in [2.45, 2.75) is 24.9 Å². The summed E-state index contributed by atoms with van der Waals surface area (Å²) in [4.78, 5) is 8.61. The number of alkyl halides is 3. The molecule has 0 radical (unpaired) electrons. The van der Waals surface area contributed by atoms with E-state index in [2.05, 4.69) is 9.97 Å². The Morgan fingerprint density at radius 1 is 1.18 bits per heavy atom. The average Bonchev–Trinajstić information content (AvgIpc) is 2.67.